The number of hydrogen-bond donors (Lipinski definition) is 1. The number of benzene rings is 3. The molecule has 12 heteroatoms. The molecule has 0 aromatic heterocycles. The summed E-state index contributed by atoms with van der Waals surface area (Å²) in [6.07, 6.45) is -4.87. The van der Waals surface area contributed by atoms with E-state index in [1.165, 1.54) is 60.7 Å². The van der Waals surface area contributed by atoms with Crippen LogP contribution in [0.1, 0.15) is 33.8 Å². The summed E-state index contributed by atoms with van der Waals surface area (Å²) in [6.45, 7) is 0.188. The Bertz CT molecular complexity index is 1300. The summed E-state index contributed by atoms with van der Waals surface area (Å²) in [5.74, 6) is -2.26. The first-order valence-corrected chi connectivity index (χ1v) is 11.8. The Morgan fingerprint density at radius 3 is 2.34 bits per heavy atom. The largest absolute Gasteiger partial charge is 1.00 e. The summed E-state index contributed by atoms with van der Waals surface area (Å²) in [4.78, 5) is 23.9. The van der Waals surface area contributed by atoms with Crippen molar-refractivity contribution < 1.29 is 66.9 Å². The number of carboxylic acids is 1. The molecule has 0 saturated carbocycles. The minimum atomic E-state index is -4.67. The van der Waals surface area contributed by atoms with Gasteiger partial charge in [0, 0.05) is 40.5 Å². The number of ether oxygens (including phenoxy) is 2. The smallest absolute Gasteiger partial charge is 0.549 e. The van der Waals surface area contributed by atoms with Crippen LogP contribution in [0.3, 0.4) is 0 Å². The van der Waals surface area contributed by atoms with Crippen molar-refractivity contribution in [2.75, 3.05) is 6.61 Å². The molecule has 1 aliphatic rings. The summed E-state index contributed by atoms with van der Waals surface area (Å²) in [7, 11) is 0. The van der Waals surface area contributed by atoms with Gasteiger partial charge >= 0.3 is 35.7 Å². The number of nitrogens with one attached hydrogen (secondary N) is 1. The van der Waals surface area contributed by atoms with E-state index in [2.05, 4.69) is 0 Å². The summed E-state index contributed by atoms with van der Waals surface area (Å²) in [6, 6.07) is 12.1. The van der Waals surface area contributed by atoms with Gasteiger partial charge in [-0.25, -0.2) is 0 Å². The van der Waals surface area contributed by atoms with Crippen LogP contribution in [0.4, 0.5) is 13.2 Å². The van der Waals surface area contributed by atoms with Crippen LogP contribution in [0.25, 0.3) is 0 Å². The van der Waals surface area contributed by atoms with Gasteiger partial charge < -0.3 is 24.7 Å². The van der Waals surface area contributed by atoms with Gasteiger partial charge in [-0.1, -0.05) is 35.3 Å². The Hall–Kier alpha value is -2.43. The second kappa shape index (κ2) is 12.6. The van der Waals surface area contributed by atoms with Gasteiger partial charge in [0.1, 0.15) is 23.3 Å². The first kappa shape index (κ1) is 30.1. The number of carboxylic acid groups (broad SMARTS) is 1. The van der Waals surface area contributed by atoms with E-state index in [1.54, 1.807) is 0 Å². The Balaban J connectivity index is 0.00000400. The van der Waals surface area contributed by atoms with Gasteiger partial charge in [-0.3, -0.25) is 4.79 Å². The van der Waals surface area contributed by atoms with Gasteiger partial charge in [0.15, 0.2) is 0 Å². The first-order chi connectivity index (χ1) is 17.5. The minimum Gasteiger partial charge on any atom is -0.549 e. The molecule has 0 spiro atoms. The zero-order chi connectivity index (χ0) is 26.7. The molecule has 6 nitrogen and oxygen atoms in total. The molecule has 0 saturated heterocycles. The summed E-state index contributed by atoms with van der Waals surface area (Å²) in [5, 5.41) is 13.9. The van der Waals surface area contributed by atoms with Crippen molar-refractivity contribution >= 4 is 35.1 Å². The maximum absolute atomic E-state index is 13.6. The van der Waals surface area contributed by atoms with Gasteiger partial charge in [0.25, 0.3) is 5.91 Å². The van der Waals surface area contributed by atoms with Crippen molar-refractivity contribution in [3.8, 4) is 17.2 Å². The second-order valence-corrected chi connectivity index (χ2v) is 9.20. The predicted molar refractivity (Wildman–Crippen MR) is 128 cm³/mol. The number of aliphatic carboxylic acids is 1. The number of hydrogen-bond acceptors (Lipinski definition) is 5. The molecule has 4 rings (SSSR count). The van der Waals surface area contributed by atoms with Crippen molar-refractivity contribution in [3.63, 3.8) is 0 Å². The van der Waals surface area contributed by atoms with E-state index in [4.69, 9.17) is 32.7 Å². The molecule has 2 unspecified atom stereocenters. The second-order valence-electron chi connectivity index (χ2n) is 8.35. The van der Waals surface area contributed by atoms with E-state index < -0.39 is 36.4 Å². The molecule has 38 heavy (non-hydrogen) atoms. The van der Waals surface area contributed by atoms with Crippen molar-refractivity contribution in [1.29, 1.82) is 0 Å². The van der Waals surface area contributed by atoms with Gasteiger partial charge in [0.2, 0.25) is 0 Å². The van der Waals surface area contributed by atoms with Crippen molar-refractivity contribution in [1.82, 2.24) is 5.32 Å². The molecule has 2 atom stereocenters. The number of carbonyl (C=O) groups is 2. The minimum absolute atomic E-state index is 0. The average Bonchev–Trinajstić information content (AvgIpc) is 2.84. The van der Waals surface area contributed by atoms with E-state index >= 15 is 0 Å². The molecule has 0 fully saturated rings. The number of alkyl halides is 3. The number of amides is 1. The summed E-state index contributed by atoms with van der Waals surface area (Å²) in [5.41, 5.74) is 0.746. The van der Waals surface area contributed by atoms with Crippen LogP contribution in [-0.2, 0) is 11.2 Å². The van der Waals surface area contributed by atoms with E-state index in [-0.39, 0.29) is 64.7 Å². The zero-order valence-electron chi connectivity index (χ0n) is 20.0. The van der Waals surface area contributed by atoms with Gasteiger partial charge in [-0.05, 0) is 54.4 Å². The molecule has 0 bridgehead atoms. The van der Waals surface area contributed by atoms with Gasteiger partial charge in [-0.15, -0.1) is 0 Å². The molecular weight excluding hydrogens is 557 g/mol. The molecule has 1 N–H and O–H groups in total. The number of halogens is 5. The molecule has 0 radical (unpaired) electrons. The molecule has 3 aromatic carbocycles. The Morgan fingerprint density at radius 1 is 1.08 bits per heavy atom. The van der Waals surface area contributed by atoms with Crippen molar-refractivity contribution in [3.05, 3.63) is 87.4 Å². The van der Waals surface area contributed by atoms with E-state index in [1.807, 2.05) is 5.32 Å². The van der Waals surface area contributed by atoms with Crippen LogP contribution in [0, 0.1) is 0 Å². The Kier molecular flexibility index (Phi) is 10.00. The first-order valence-electron chi connectivity index (χ1n) is 11.1. The van der Waals surface area contributed by atoms with E-state index in [0.717, 1.165) is 0 Å². The molecular formula is C26H19Cl2F3NNaO5. The molecule has 1 heterocycles. The van der Waals surface area contributed by atoms with Crippen LogP contribution in [0.15, 0.2) is 60.7 Å². The Labute approximate surface area is 248 Å². The summed E-state index contributed by atoms with van der Waals surface area (Å²) < 4.78 is 52.0. The fraction of sp³-hybridized carbons (Fsp3) is 0.231. The van der Waals surface area contributed by atoms with E-state index in [9.17, 15) is 27.9 Å². The third-order valence-corrected chi connectivity index (χ3v) is 6.33. The predicted octanol–water partition coefficient (Wildman–Crippen LogP) is 2.31. The third kappa shape index (κ3) is 7.36. The van der Waals surface area contributed by atoms with Gasteiger partial charge in [-0.2, -0.15) is 13.2 Å². The number of fused-ring (bicyclic) bond motifs is 1. The maximum atomic E-state index is 13.6. The van der Waals surface area contributed by atoms with Crippen LogP contribution >= 0.6 is 23.2 Å². The van der Waals surface area contributed by atoms with Crippen LogP contribution in [0.2, 0.25) is 10.0 Å². The molecule has 3 aromatic rings. The fourth-order valence-corrected chi connectivity index (χ4v) is 4.20. The number of carbonyl (C=O) groups excluding carboxylic acids is 2. The quantitative estimate of drug-likeness (QED) is 0.437. The van der Waals surface area contributed by atoms with Crippen molar-refractivity contribution in [2.45, 2.75) is 31.0 Å². The standard InChI is InChI=1S/C26H20Cl2F3NO5.Na/c27-16-5-1-14(2-6-16)11-23(26(29,30)31)32-24(33)15-3-7-17(8-4-15)37-22-13-21-19(12-20(22)28)18(25(34)35)9-10-36-21;/h1-8,12-13,18,23H,9-11H2,(H,32,33)(H,34,35);/q;+1/p-1. The fourth-order valence-electron chi connectivity index (χ4n) is 3.86. The van der Waals surface area contributed by atoms with Crippen LogP contribution in [0.5, 0.6) is 17.2 Å². The van der Waals surface area contributed by atoms with Crippen molar-refractivity contribution in [2.24, 2.45) is 0 Å². The monoisotopic (exact) mass is 575 g/mol. The molecule has 1 aliphatic heterocycles. The molecule has 0 aliphatic carbocycles. The Morgan fingerprint density at radius 2 is 1.74 bits per heavy atom. The summed E-state index contributed by atoms with van der Waals surface area (Å²) >= 11 is 12.0. The van der Waals surface area contributed by atoms with Crippen LogP contribution < -0.4 is 49.5 Å². The zero-order valence-corrected chi connectivity index (χ0v) is 23.5. The molecule has 194 valence electrons. The maximum Gasteiger partial charge on any atom is 1.00 e. The average molecular weight is 576 g/mol. The normalized spacial score (nSPS) is 15.3. The van der Waals surface area contributed by atoms with Gasteiger partial charge in [0.05, 0.1) is 11.6 Å². The topological polar surface area (TPSA) is 87.7 Å². The third-order valence-electron chi connectivity index (χ3n) is 5.79. The SMILES string of the molecule is O=C(NC(Cc1ccc(Cl)cc1)C(F)(F)F)c1ccc(Oc2cc3c(cc2Cl)C(C(=O)[O-])CCO3)cc1.[Na+]. The van der Waals surface area contributed by atoms with Crippen LogP contribution in [-0.4, -0.2) is 30.7 Å². The number of rotatable bonds is 7. The molecule has 1 amide bonds. The van der Waals surface area contributed by atoms with E-state index in [0.29, 0.717) is 21.9 Å².